The van der Waals surface area contributed by atoms with Crippen molar-refractivity contribution in [1.82, 2.24) is 4.98 Å². The number of sulfonamides is 1. The zero-order valence-electron chi connectivity index (χ0n) is 15.2. The highest BCUT2D eigenvalue weighted by Gasteiger charge is 2.11. The number of hydrogen-bond donors (Lipinski definition) is 2. The lowest BCUT2D eigenvalue weighted by Gasteiger charge is -2.09. The van der Waals surface area contributed by atoms with Crippen molar-refractivity contribution in [1.29, 1.82) is 5.26 Å². The van der Waals surface area contributed by atoms with Gasteiger partial charge in [-0.15, -0.1) is 0 Å². The molecule has 0 amide bonds. The van der Waals surface area contributed by atoms with Gasteiger partial charge in [0.15, 0.2) is 0 Å². The van der Waals surface area contributed by atoms with Gasteiger partial charge in [-0.05, 0) is 54.8 Å². The fourth-order valence-corrected chi connectivity index (χ4v) is 3.71. The Morgan fingerprint density at radius 1 is 0.929 bits per heavy atom. The summed E-state index contributed by atoms with van der Waals surface area (Å²) in [5.74, 6) is 0.319. The summed E-state index contributed by atoms with van der Waals surface area (Å²) in [5, 5.41) is 12.0. The zero-order valence-corrected chi connectivity index (χ0v) is 16.0. The van der Waals surface area contributed by atoms with Gasteiger partial charge in [-0.25, -0.2) is 13.4 Å². The Bertz CT molecular complexity index is 1040. The van der Waals surface area contributed by atoms with E-state index in [0.29, 0.717) is 18.4 Å². The van der Waals surface area contributed by atoms with Crippen LogP contribution in [0.5, 0.6) is 0 Å². The Hall–Kier alpha value is -3.37. The fraction of sp³-hybridized carbons (Fsp3) is 0.143. The molecule has 3 aromatic rings. The van der Waals surface area contributed by atoms with Crippen LogP contribution in [0.4, 0.5) is 17.2 Å². The Morgan fingerprint density at radius 3 is 2.29 bits per heavy atom. The van der Waals surface area contributed by atoms with E-state index in [1.165, 1.54) is 0 Å². The predicted octanol–water partition coefficient (Wildman–Crippen LogP) is 4.07. The zero-order chi connectivity index (χ0) is 19.8. The van der Waals surface area contributed by atoms with Crippen LogP contribution >= 0.6 is 0 Å². The molecule has 2 aromatic carbocycles. The second-order valence-corrected chi connectivity index (χ2v) is 8.10. The van der Waals surface area contributed by atoms with Crippen LogP contribution in [0.3, 0.4) is 0 Å². The number of aromatic nitrogens is 1. The van der Waals surface area contributed by atoms with E-state index < -0.39 is 10.0 Å². The van der Waals surface area contributed by atoms with E-state index in [1.807, 2.05) is 30.3 Å². The van der Waals surface area contributed by atoms with Gasteiger partial charge in [0, 0.05) is 5.69 Å². The number of nitriles is 1. The molecule has 6 nitrogen and oxygen atoms in total. The molecule has 1 heterocycles. The molecule has 1 aromatic heterocycles. The highest BCUT2D eigenvalue weighted by molar-refractivity contribution is 7.92. The van der Waals surface area contributed by atoms with Gasteiger partial charge in [0.1, 0.15) is 5.82 Å². The summed E-state index contributed by atoms with van der Waals surface area (Å²) in [5.41, 5.74) is 3.24. The molecule has 7 heteroatoms. The van der Waals surface area contributed by atoms with E-state index >= 15 is 0 Å². The van der Waals surface area contributed by atoms with Crippen LogP contribution in [0.25, 0.3) is 0 Å². The van der Waals surface area contributed by atoms with Crippen molar-refractivity contribution in [2.24, 2.45) is 0 Å². The summed E-state index contributed by atoms with van der Waals surface area (Å²) >= 11 is 0. The first-order valence-electron chi connectivity index (χ1n) is 8.82. The summed E-state index contributed by atoms with van der Waals surface area (Å²) in [6.45, 7) is 0. The van der Waals surface area contributed by atoms with Crippen molar-refractivity contribution < 1.29 is 8.42 Å². The lowest BCUT2D eigenvalue weighted by molar-refractivity contribution is 0.598. The smallest absolute Gasteiger partial charge is 0.233 e. The van der Waals surface area contributed by atoms with Crippen molar-refractivity contribution in [2.75, 3.05) is 15.8 Å². The van der Waals surface area contributed by atoms with Gasteiger partial charge in [0.25, 0.3) is 0 Å². The van der Waals surface area contributed by atoms with Gasteiger partial charge in [-0.1, -0.05) is 30.3 Å². The standard InChI is InChI=1S/C21H20N4O2S/c22-15-18-8-10-19(11-9-18)24-20-12-13-21(23-16-20)25-28(26,27)14-4-7-17-5-2-1-3-6-17/h1-3,5-6,8-13,16,24H,4,7,14H2,(H,23,25). The Morgan fingerprint density at radius 2 is 1.64 bits per heavy atom. The van der Waals surface area contributed by atoms with Crippen LogP contribution in [0.15, 0.2) is 72.9 Å². The summed E-state index contributed by atoms with van der Waals surface area (Å²) in [6, 6.07) is 22.2. The maximum atomic E-state index is 12.2. The normalized spacial score (nSPS) is 10.8. The first-order valence-corrected chi connectivity index (χ1v) is 10.5. The van der Waals surface area contributed by atoms with Crippen molar-refractivity contribution in [3.8, 4) is 6.07 Å². The van der Waals surface area contributed by atoms with E-state index in [1.54, 1.807) is 42.6 Å². The molecule has 0 radical (unpaired) electrons. The van der Waals surface area contributed by atoms with Gasteiger partial charge in [0.2, 0.25) is 10.0 Å². The molecule has 3 rings (SSSR count). The van der Waals surface area contributed by atoms with Crippen LogP contribution < -0.4 is 10.0 Å². The third kappa shape index (κ3) is 5.83. The average Bonchev–Trinajstić information content (AvgIpc) is 2.70. The summed E-state index contributed by atoms with van der Waals surface area (Å²) in [4.78, 5) is 4.15. The maximum absolute atomic E-state index is 12.2. The molecule has 142 valence electrons. The number of nitrogens with zero attached hydrogens (tertiary/aromatic N) is 2. The summed E-state index contributed by atoms with van der Waals surface area (Å²) in [7, 11) is -3.45. The molecule has 2 N–H and O–H groups in total. The Labute approximate surface area is 164 Å². The van der Waals surface area contributed by atoms with Gasteiger partial charge >= 0.3 is 0 Å². The molecule has 0 aliphatic rings. The van der Waals surface area contributed by atoms with E-state index in [0.717, 1.165) is 16.9 Å². The molecule has 0 saturated heterocycles. The van der Waals surface area contributed by atoms with Crippen LogP contribution in [0.2, 0.25) is 0 Å². The van der Waals surface area contributed by atoms with Crippen molar-refractivity contribution in [3.05, 3.63) is 84.1 Å². The molecule has 28 heavy (non-hydrogen) atoms. The number of benzene rings is 2. The average molecular weight is 392 g/mol. The number of aryl methyl sites for hydroxylation is 1. The molecule has 0 aliphatic heterocycles. The first-order chi connectivity index (χ1) is 13.5. The molecule has 0 fully saturated rings. The number of anilines is 3. The van der Waals surface area contributed by atoms with Crippen molar-refractivity contribution in [2.45, 2.75) is 12.8 Å². The maximum Gasteiger partial charge on any atom is 0.233 e. The third-order valence-electron chi connectivity index (χ3n) is 4.05. The summed E-state index contributed by atoms with van der Waals surface area (Å²) in [6.07, 6.45) is 2.81. The highest BCUT2D eigenvalue weighted by atomic mass is 32.2. The first kappa shape index (κ1) is 19.4. The fourth-order valence-electron chi connectivity index (χ4n) is 2.64. The van der Waals surface area contributed by atoms with Gasteiger partial charge in [-0.3, -0.25) is 4.72 Å². The van der Waals surface area contributed by atoms with Crippen LogP contribution in [-0.4, -0.2) is 19.2 Å². The lowest BCUT2D eigenvalue weighted by Crippen LogP contribution is -2.17. The van der Waals surface area contributed by atoms with Crippen molar-refractivity contribution >= 4 is 27.2 Å². The third-order valence-corrected chi connectivity index (χ3v) is 5.39. The number of hydrogen-bond acceptors (Lipinski definition) is 5. The number of rotatable bonds is 8. The van der Waals surface area contributed by atoms with E-state index in [4.69, 9.17) is 5.26 Å². The van der Waals surface area contributed by atoms with Crippen LogP contribution in [0, 0.1) is 11.3 Å². The SMILES string of the molecule is N#Cc1ccc(Nc2ccc(NS(=O)(=O)CCCc3ccccc3)nc2)cc1. The monoisotopic (exact) mass is 392 g/mol. The second kappa shape index (κ2) is 9.02. The minimum Gasteiger partial charge on any atom is -0.354 e. The minimum atomic E-state index is -3.45. The topological polar surface area (TPSA) is 94.9 Å². The van der Waals surface area contributed by atoms with Crippen LogP contribution in [-0.2, 0) is 16.4 Å². The molecule has 0 aliphatic carbocycles. The van der Waals surface area contributed by atoms with Gasteiger partial charge in [0.05, 0.1) is 29.3 Å². The highest BCUT2D eigenvalue weighted by Crippen LogP contribution is 2.18. The summed E-state index contributed by atoms with van der Waals surface area (Å²) < 4.78 is 27.0. The molecular weight excluding hydrogens is 372 g/mol. The molecule has 0 bridgehead atoms. The quantitative estimate of drug-likeness (QED) is 0.602. The van der Waals surface area contributed by atoms with E-state index in [2.05, 4.69) is 21.1 Å². The Balaban J connectivity index is 1.53. The largest absolute Gasteiger partial charge is 0.354 e. The van der Waals surface area contributed by atoms with Gasteiger partial charge < -0.3 is 5.32 Å². The Kier molecular flexibility index (Phi) is 6.25. The van der Waals surface area contributed by atoms with Crippen molar-refractivity contribution in [3.63, 3.8) is 0 Å². The molecule has 0 unspecified atom stereocenters. The second-order valence-electron chi connectivity index (χ2n) is 6.26. The van der Waals surface area contributed by atoms with Crippen LogP contribution in [0.1, 0.15) is 17.5 Å². The predicted molar refractivity (Wildman–Crippen MR) is 111 cm³/mol. The molecule has 0 spiro atoms. The minimum absolute atomic E-state index is 0.0365. The van der Waals surface area contributed by atoms with E-state index in [-0.39, 0.29) is 11.6 Å². The number of pyridine rings is 1. The van der Waals surface area contributed by atoms with E-state index in [9.17, 15) is 8.42 Å². The van der Waals surface area contributed by atoms with Gasteiger partial charge in [-0.2, -0.15) is 5.26 Å². The molecular formula is C21H20N4O2S. The molecule has 0 atom stereocenters. The lowest BCUT2D eigenvalue weighted by atomic mass is 10.1. The number of nitrogens with one attached hydrogen (secondary N) is 2. The molecule has 0 saturated carbocycles.